The molecule has 1 aliphatic heterocycles. The summed E-state index contributed by atoms with van der Waals surface area (Å²) in [7, 11) is 1.84. The molecule has 0 fully saturated rings. The van der Waals surface area contributed by atoms with Gasteiger partial charge in [-0.1, -0.05) is 24.3 Å². The van der Waals surface area contributed by atoms with Crippen molar-refractivity contribution >= 4 is 5.91 Å². The van der Waals surface area contributed by atoms with E-state index < -0.39 is 0 Å². The Bertz CT molecular complexity index is 460. The van der Waals surface area contributed by atoms with Gasteiger partial charge in [0.1, 0.15) is 0 Å². The topological polar surface area (TPSA) is 41.6 Å². The molecule has 1 aromatic carbocycles. The SMILES string of the molecule is CC(C)OCCN(C)C(=O)[C@H]1Cc2ccccc2CN1. The van der Waals surface area contributed by atoms with Gasteiger partial charge in [0.15, 0.2) is 0 Å². The second-order valence-electron chi connectivity index (χ2n) is 5.59. The number of nitrogens with zero attached hydrogens (tertiary/aromatic N) is 1. The fourth-order valence-electron chi connectivity index (χ4n) is 2.43. The molecule has 20 heavy (non-hydrogen) atoms. The first-order chi connectivity index (χ1) is 9.58. The predicted octanol–water partition coefficient (Wildman–Crippen LogP) is 1.58. The van der Waals surface area contributed by atoms with Gasteiger partial charge in [-0.3, -0.25) is 4.79 Å². The average molecular weight is 276 g/mol. The third-order valence-electron chi connectivity index (χ3n) is 3.63. The number of carbonyl (C=O) groups is 1. The predicted molar refractivity (Wildman–Crippen MR) is 79.5 cm³/mol. The van der Waals surface area contributed by atoms with Gasteiger partial charge in [-0.2, -0.15) is 0 Å². The zero-order valence-corrected chi connectivity index (χ0v) is 12.6. The molecule has 4 nitrogen and oxygen atoms in total. The van der Waals surface area contributed by atoms with Crippen LogP contribution in [0.1, 0.15) is 25.0 Å². The maximum absolute atomic E-state index is 12.4. The number of nitrogens with one attached hydrogen (secondary N) is 1. The largest absolute Gasteiger partial charge is 0.377 e. The van der Waals surface area contributed by atoms with Crippen LogP contribution in [-0.4, -0.2) is 43.2 Å². The molecule has 0 saturated heterocycles. The van der Waals surface area contributed by atoms with E-state index >= 15 is 0 Å². The zero-order chi connectivity index (χ0) is 14.5. The fourth-order valence-corrected chi connectivity index (χ4v) is 2.43. The number of benzene rings is 1. The highest BCUT2D eigenvalue weighted by Crippen LogP contribution is 2.17. The average Bonchev–Trinajstić information content (AvgIpc) is 2.45. The first-order valence-electron chi connectivity index (χ1n) is 7.24. The van der Waals surface area contributed by atoms with E-state index in [4.69, 9.17) is 4.74 Å². The molecule has 0 aromatic heterocycles. The van der Waals surface area contributed by atoms with Gasteiger partial charge in [0, 0.05) is 20.1 Å². The highest BCUT2D eigenvalue weighted by atomic mass is 16.5. The Labute approximate surface area is 121 Å². The summed E-state index contributed by atoms with van der Waals surface area (Å²) in [5.41, 5.74) is 2.57. The van der Waals surface area contributed by atoms with Crippen LogP contribution in [0.15, 0.2) is 24.3 Å². The minimum Gasteiger partial charge on any atom is -0.377 e. The van der Waals surface area contributed by atoms with Crippen molar-refractivity contribution in [2.45, 2.75) is 39.0 Å². The molecule has 0 radical (unpaired) electrons. The summed E-state index contributed by atoms with van der Waals surface area (Å²) >= 11 is 0. The molecule has 0 unspecified atom stereocenters. The lowest BCUT2D eigenvalue weighted by Crippen LogP contribution is -2.49. The fraction of sp³-hybridized carbons (Fsp3) is 0.562. The van der Waals surface area contributed by atoms with Crippen molar-refractivity contribution in [3.63, 3.8) is 0 Å². The van der Waals surface area contributed by atoms with Crippen LogP contribution in [0.3, 0.4) is 0 Å². The van der Waals surface area contributed by atoms with Crippen molar-refractivity contribution in [3.05, 3.63) is 35.4 Å². The summed E-state index contributed by atoms with van der Waals surface area (Å²) in [5, 5.41) is 3.32. The van der Waals surface area contributed by atoms with E-state index in [1.165, 1.54) is 11.1 Å². The minimum absolute atomic E-state index is 0.117. The molecule has 1 amide bonds. The Morgan fingerprint density at radius 3 is 2.80 bits per heavy atom. The van der Waals surface area contributed by atoms with Crippen LogP contribution in [0.25, 0.3) is 0 Å². The number of carbonyl (C=O) groups excluding carboxylic acids is 1. The van der Waals surface area contributed by atoms with E-state index in [0.29, 0.717) is 13.2 Å². The van der Waals surface area contributed by atoms with Gasteiger partial charge >= 0.3 is 0 Å². The number of fused-ring (bicyclic) bond motifs is 1. The number of amides is 1. The van der Waals surface area contributed by atoms with Gasteiger partial charge in [0.2, 0.25) is 5.91 Å². The number of hydrogen-bond acceptors (Lipinski definition) is 3. The summed E-state index contributed by atoms with van der Waals surface area (Å²) in [6, 6.07) is 8.18. The minimum atomic E-state index is -0.117. The van der Waals surface area contributed by atoms with E-state index in [1.807, 2.05) is 33.0 Å². The van der Waals surface area contributed by atoms with Crippen LogP contribution in [0.4, 0.5) is 0 Å². The molecule has 0 aliphatic carbocycles. The number of hydrogen-bond donors (Lipinski definition) is 1. The van der Waals surface area contributed by atoms with E-state index in [9.17, 15) is 4.79 Å². The first kappa shape index (κ1) is 15.0. The van der Waals surface area contributed by atoms with Crippen molar-refractivity contribution in [2.75, 3.05) is 20.2 Å². The lowest BCUT2D eigenvalue weighted by molar-refractivity contribution is -0.133. The molecule has 0 saturated carbocycles. The quantitative estimate of drug-likeness (QED) is 0.888. The number of likely N-dealkylation sites (N-methyl/N-ethyl adjacent to an activating group) is 1. The molecule has 0 spiro atoms. The molecule has 110 valence electrons. The summed E-state index contributed by atoms with van der Waals surface area (Å²) in [6.45, 7) is 5.99. The molecule has 1 N–H and O–H groups in total. The maximum atomic E-state index is 12.4. The first-order valence-corrected chi connectivity index (χ1v) is 7.24. The van der Waals surface area contributed by atoms with Crippen LogP contribution in [0.5, 0.6) is 0 Å². The second-order valence-corrected chi connectivity index (χ2v) is 5.59. The van der Waals surface area contributed by atoms with Crippen molar-refractivity contribution < 1.29 is 9.53 Å². The van der Waals surface area contributed by atoms with E-state index in [0.717, 1.165) is 13.0 Å². The molecule has 4 heteroatoms. The van der Waals surface area contributed by atoms with Gasteiger partial charge in [-0.15, -0.1) is 0 Å². The molecule has 1 aliphatic rings. The monoisotopic (exact) mass is 276 g/mol. The third-order valence-corrected chi connectivity index (χ3v) is 3.63. The van der Waals surface area contributed by atoms with Crippen molar-refractivity contribution in [1.82, 2.24) is 10.2 Å². The molecule has 0 bridgehead atoms. The number of ether oxygens (including phenoxy) is 1. The molecule has 2 rings (SSSR count). The van der Waals surface area contributed by atoms with Gasteiger partial charge in [-0.25, -0.2) is 0 Å². The molecule has 1 aromatic rings. The van der Waals surface area contributed by atoms with E-state index in [1.54, 1.807) is 4.90 Å². The Morgan fingerprint density at radius 2 is 2.10 bits per heavy atom. The van der Waals surface area contributed by atoms with Gasteiger partial charge < -0.3 is 15.0 Å². The van der Waals surface area contributed by atoms with Crippen LogP contribution in [0.2, 0.25) is 0 Å². The van der Waals surface area contributed by atoms with Crippen molar-refractivity contribution in [3.8, 4) is 0 Å². The second kappa shape index (κ2) is 6.86. The van der Waals surface area contributed by atoms with Gasteiger partial charge in [-0.05, 0) is 31.4 Å². The highest BCUT2D eigenvalue weighted by molar-refractivity contribution is 5.82. The van der Waals surface area contributed by atoms with E-state index in [-0.39, 0.29) is 18.1 Å². The van der Waals surface area contributed by atoms with Crippen LogP contribution >= 0.6 is 0 Å². The molecular weight excluding hydrogens is 252 g/mol. The summed E-state index contributed by atoms with van der Waals surface area (Å²) in [5.74, 6) is 0.145. The standard InChI is InChI=1S/C16H24N2O2/c1-12(2)20-9-8-18(3)16(19)15-10-13-6-4-5-7-14(13)11-17-15/h4-7,12,15,17H,8-11H2,1-3H3/t15-/m1/s1. The molecule has 1 atom stereocenters. The van der Waals surface area contributed by atoms with E-state index in [2.05, 4.69) is 17.4 Å². The highest BCUT2D eigenvalue weighted by Gasteiger charge is 2.26. The van der Waals surface area contributed by atoms with Crippen LogP contribution in [-0.2, 0) is 22.5 Å². The third kappa shape index (κ3) is 3.81. The smallest absolute Gasteiger partial charge is 0.239 e. The van der Waals surface area contributed by atoms with Gasteiger partial charge in [0.05, 0.1) is 18.8 Å². The molecule has 1 heterocycles. The summed E-state index contributed by atoms with van der Waals surface area (Å²) < 4.78 is 5.49. The lowest BCUT2D eigenvalue weighted by atomic mass is 9.95. The van der Waals surface area contributed by atoms with Gasteiger partial charge in [0.25, 0.3) is 0 Å². The summed E-state index contributed by atoms with van der Waals surface area (Å²) in [4.78, 5) is 14.1. The van der Waals surface area contributed by atoms with Crippen LogP contribution < -0.4 is 5.32 Å². The Balaban J connectivity index is 1.87. The number of rotatable bonds is 5. The Hall–Kier alpha value is -1.39. The summed E-state index contributed by atoms with van der Waals surface area (Å²) in [6.07, 6.45) is 0.975. The lowest BCUT2D eigenvalue weighted by Gasteiger charge is -2.29. The zero-order valence-electron chi connectivity index (χ0n) is 12.6. The normalized spacial score (nSPS) is 17.9. The Kier molecular flexibility index (Phi) is 5.15. The van der Waals surface area contributed by atoms with Crippen molar-refractivity contribution in [2.24, 2.45) is 0 Å². The Morgan fingerprint density at radius 1 is 1.40 bits per heavy atom. The molecular formula is C16H24N2O2. The van der Waals surface area contributed by atoms with Crippen LogP contribution in [0, 0.1) is 0 Å². The van der Waals surface area contributed by atoms with Crippen molar-refractivity contribution in [1.29, 1.82) is 0 Å². The maximum Gasteiger partial charge on any atom is 0.239 e.